The van der Waals surface area contributed by atoms with Gasteiger partial charge in [0, 0.05) is 41.4 Å². The maximum absolute atomic E-state index is 12.5. The van der Waals surface area contributed by atoms with Crippen molar-refractivity contribution < 1.29 is 22.7 Å². The fourth-order valence-electron chi connectivity index (χ4n) is 4.24. The van der Waals surface area contributed by atoms with Crippen LogP contribution in [0.4, 0.5) is 0 Å². The summed E-state index contributed by atoms with van der Waals surface area (Å²) in [5, 5.41) is 13.4. The molecule has 32 heavy (non-hydrogen) atoms. The van der Waals surface area contributed by atoms with Gasteiger partial charge in [-0.1, -0.05) is 36.4 Å². The van der Waals surface area contributed by atoms with Crippen molar-refractivity contribution in [3.8, 4) is 0 Å². The molecule has 2 N–H and O–H groups in total. The summed E-state index contributed by atoms with van der Waals surface area (Å²) >= 11 is 0. The first-order chi connectivity index (χ1) is 15.4. The van der Waals surface area contributed by atoms with E-state index in [2.05, 4.69) is 21.4 Å². The Labute approximate surface area is 187 Å². The molecule has 0 aliphatic carbocycles. The minimum Gasteiger partial charge on any atom is -0.465 e. The summed E-state index contributed by atoms with van der Waals surface area (Å²) in [6.45, 7) is 3.82. The maximum Gasteiger partial charge on any atom is 0.214 e. The summed E-state index contributed by atoms with van der Waals surface area (Å²) in [4.78, 5) is 0. The third kappa shape index (κ3) is 4.31. The second-order valence-corrected chi connectivity index (χ2v) is 9.76. The highest BCUT2D eigenvalue weighted by atomic mass is 32.2. The molecule has 4 rings (SSSR count). The zero-order valence-electron chi connectivity index (χ0n) is 18.2. The van der Waals surface area contributed by atoms with Crippen molar-refractivity contribution in [3.63, 3.8) is 0 Å². The van der Waals surface area contributed by atoms with E-state index in [1.165, 1.54) is 6.26 Å². The zero-order valence-corrected chi connectivity index (χ0v) is 19.0. The quantitative estimate of drug-likeness (QED) is 0.352. The molecule has 0 aliphatic rings. The van der Waals surface area contributed by atoms with Gasteiger partial charge in [0.05, 0.1) is 18.1 Å². The van der Waals surface area contributed by atoms with E-state index in [4.69, 9.17) is 9.15 Å². The highest BCUT2D eigenvalue weighted by Crippen LogP contribution is 2.33. The lowest BCUT2D eigenvalue weighted by Crippen LogP contribution is -2.50. The van der Waals surface area contributed by atoms with E-state index in [1.807, 2.05) is 36.4 Å². The minimum absolute atomic E-state index is 0.0194. The summed E-state index contributed by atoms with van der Waals surface area (Å²) in [6.07, 6.45) is 0.516. The Balaban J connectivity index is 1.72. The van der Waals surface area contributed by atoms with E-state index in [1.54, 1.807) is 26.0 Å². The van der Waals surface area contributed by atoms with E-state index < -0.39 is 21.9 Å². The Hall–Kier alpha value is -2.65. The van der Waals surface area contributed by atoms with Crippen molar-refractivity contribution in [2.45, 2.75) is 38.6 Å². The highest BCUT2D eigenvalue weighted by molar-refractivity contribution is 7.89. The van der Waals surface area contributed by atoms with Gasteiger partial charge in [-0.3, -0.25) is 0 Å². The third-order valence-electron chi connectivity index (χ3n) is 5.61. The lowest BCUT2D eigenvalue weighted by molar-refractivity contribution is -0.0980. The Morgan fingerprint density at radius 1 is 1.03 bits per heavy atom. The second kappa shape index (κ2) is 9.07. The highest BCUT2D eigenvalue weighted by Gasteiger charge is 2.41. The molecule has 0 spiro atoms. The van der Waals surface area contributed by atoms with Crippen LogP contribution in [-0.2, 0) is 27.0 Å². The van der Waals surface area contributed by atoms with Gasteiger partial charge in [-0.25, -0.2) is 8.42 Å². The Morgan fingerprint density at radius 2 is 1.66 bits per heavy atom. The Kier molecular flexibility index (Phi) is 6.39. The molecule has 0 aliphatic heterocycles. The fourth-order valence-corrected chi connectivity index (χ4v) is 5.13. The molecule has 0 bridgehead atoms. The second-order valence-electron chi connectivity index (χ2n) is 7.75. The molecule has 2 heterocycles. The van der Waals surface area contributed by atoms with Crippen LogP contribution in [0.2, 0.25) is 0 Å². The number of rotatable bonds is 10. The summed E-state index contributed by atoms with van der Waals surface area (Å²) in [6, 6.07) is 19.4. The molecule has 7 nitrogen and oxygen atoms in total. The largest absolute Gasteiger partial charge is 0.465 e. The van der Waals surface area contributed by atoms with Gasteiger partial charge in [0.2, 0.25) is 10.0 Å². The Bertz CT molecular complexity index is 1240. The summed E-state index contributed by atoms with van der Waals surface area (Å²) in [5.74, 6) is 0.184. The lowest BCUT2D eigenvalue weighted by atomic mass is 10.0. The van der Waals surface area contributed by atoms with Crippen LogP contribution in [0.3, 0.4) is 0 Å². The molecular weight excluding hydrogens is 428 g/mol. The van der Waals surface area contributed by atoms with Gasteiger partial charge in [-0.2, -0.15) is 4.72 Å². The number of aliphatic hydroxyl groups is 1. The number of nitrogens with one attached hydrogen (secondary N) is 1. The van der Waals surface area contributed by atoms with E-state index in [0.29, 0.717) is 5.76 Å². The Morgan fingerprint density at radius 3 is 2.19 bits per heavy atom. The first kappa shape index (κ1) is 22.5. The van der Waals surface area contributed by atoms with Gasteiger partial charge in [0.25, 0.3) is 0 Å². The summed E-state index contributed by atoms with van der Waals surface area (Å²) in [7, 11) is -3.66. The number of sulfonamides is 1. The maximum atomic E-state index is 12.5. The molecule has 8 heteroatoms. The van der Waals surface area contributed by atoms with E-state index in [0.717, 1.165) is 21.8 Å². The number of furan rings is 1. The minimum atomic E-state index is -3.66. The lowest BCUT2D eigenvalue weighted by Gasteiger charge is -2.34. The van der Waals surface area contributed by atoms with E-state index >= 15 is 0 Å². The van der Waals surface area contributed by atoms with Crippen LogP contribution >= 0.6 is 0 Å². The SMILES string of the molecule is CCOC(CC(O)Cn1c2ccccc2c2ccccc21)(NS(=O)(=O)CC)c1ccco1. The van der Waals surface area contributed by atoms with Crippen molar-refractivity contribution in [1.29, 1.82) is 0 Å². The monoisotopic (exact) mass is 456 g/mol. The summed E-state index contributed by atoms with van der Waals surface area (Å²) < 4.78 is 41.2. The smallest absolute Gasteiger partial charge is 0.214 e. The van der Waals surface area contributed by atoms with Gasteiger partial charge in [-0.15, -0.1) is 0 Å². The predicted octanol–water partition coefficient (Wildman–Crippen LogP) is 3.97. The first-order valence-electron chi connectivity index (χ1n) is 10.7. The number of aromatic nitrogens is 1. The van der Waals surface area contributed by atoms with Crippen molar-refractivity contribution in [2.24, 2.45) is 0 Å². The van der Waals surface area contributed by atoms with Crippen LogP contribution in [0.25, 0.3) is 21.8 Å². The van der Waals surface area contributed by atoms with Gasteiger partial charge in [-0.05, 0) is 38.1 Å². The normalized spacial score (nSPS) is 15.2. The molecule has 2 aromatic heterocycles. The van der Waals surface area contributed by atoms with Crippen LogP contribution in [0, 0.1) is 0 Å². The first-order valence-corrected chi connectivity index (χ1v) is 12.4. The van der Waals surface area contributed by atoms with Crippen LogP contribution in [-0.4, -0.2) is 36.6 Å². The number of hydrogen-bond donors (Lipinski definition) is 2. The average molecular weight is 457 g/mol. The van der Waals surface area contributed by atoms with Gasteiger partial charge in [0.15, 0.2) is 11.5 Å². The molecule has 2 unspecified atom stereocenters. The van der Waals surface area contributed by atoms with Crippen molar-refractivity contribution in [1.82, 2.24) is 9.29 Å². The van der Waals surface area contributed by atoms with E-state index in [-0.39, 0.29) is 25.3 Å². The van der Waals surface area contributed by atoms with Gasteiger partial charge >= 0.3 is 0 Å². The molecule has 0 saturated carbocycles. The van der Waals surface area contributed by atoms with Crippen LogP contribution < -0.4 is 4.72 Å². The zero-order chi connectivity index (χ0) is 22.8. The third-order valence-corrected chi connectivity index (χ3v) is 7.01. The molecule has 170 valence electrons. The van der Waals surface area contributed by atoms with Crippen LogP contribution in [0.1, 0.15) is 26.0 Å². The number of ether oxygens (including phenoxy) is 1. The average Bonchev–Trinajstić information content (AvgIpc) is 3.42. The predicted molar refractivity (Wildman–Crippen MR) is 125 cm³/mol. The summed E-state index contributed by atoms with van der Waals surface area (Å²) in [5.41, 5.74) is 0.495. The fraction of sp³-hybridized carbons (Fsp3) is 0.333. The number of para-hydroxylation sites is 2. The molecule has 0 saturated heterocycles. The standard InChI is InChI=1S/C24H28N2O5S/c1-3-31-24(23-14-9-15-30-23,25-32(28,29)4-2)16-18(27)17-26-21-12-7-5-10-19(21)20-11-6-8-13-22(20)26/h5-15,18,25,27H,3-4,16-17H2,1-2H3. The molecular formula is C24H28N2O5S. The van der Waals surface area contributed by atoms with Crippen molar-refractivity contribution in [3.05, 3.63) is 72.7 Å². The van der Waals surface area contributed by atoms with Crippen LogP contribution in [0.5, 0.6) is 0 Å². The number of hydrogen-bond acceptors (Lipinski definition) is 5. The number of benzene rings is 2. The molecule has 4 aromatic rings. The van der Waals surface area contributed by atoms with Gasteiger partial charge in [0.1, 0.15) is 0 Å². The number of nitrogens with zero attached hydrogens (tertiary/aromatic N) is 1. The molecule has 0 fully saturated rings. The molecule has 2 atom stereocenters. The number of fused-ring (bicyclic) bond motifs is 3. The topological polar surface area (TPSA) is 93.7 Å². The van der Waals surface area contributed by atoms with Gasteiger partial charge < -0.3 is 18.8 Å². The molecule has 0 amide bonds. The molecule has 0 radical (unpaired) electrons. The van der Waals surface area contributed by atoms with Crippen LogP contribution in [0.15, 0.2) is 71.3 Å². The van der Waals surface area contributed by atoms with E-state index in [9.17, 15) is 13.5 Å². The van der Waals surface area contributed by atoms with Crippen molar-refractivity contribution >= 4 is 31.8 Å². The van der Waals surface area contributed by atoms with Crippen molar-refractivity contribution in [2.75, 3.05) is 12.4 Å². The molecule has 2 aromatic carbocycles. The number of aliphatic hydroxyl groups excluding tert-OH is 1.